The maximum absolute atomic E-state index is 11.2. The summed E-state index contributed by atoms with van der Waals surface area (Å²) in [7, 11) is 0. The van der Waals surface area contributed by atoms with Gasteiger partial charge in [0.25, 0.3) is 5.91 Å². The molecule has 0 unspecified atom stereocenters. The predicted molar refractivity (Wildman–Crippen MR) is 48.0 cm³/mol. The van der Waals surface area contributed by atoms with E-state index in [1.54, 1.807) is 19.9 Å². The Bertz CT molecular complexity index is 305. The van der Waals surface area contributed by atoms with Crippen LogP contribution in [0.2, 0.25) is 0 Å². The van der Waals surface area contributed by atoms with Crippen molar-refractivity contribution in [3.63, 3.8) is 0 Å². The fourth-order valence-electron chi connectivity index (χ4n) is 0.770. The number of carbonyl (C=O) groups is 2. The molecule has 1 rings (SSSR count). The summed E-state index contributed by atoms with van der Waals surface area (Å²) in [6, 6.07) is 0. The molecular formula is C8H11N3O2. The molecule has 0 aromatic rings. The third-order valence-corrected chi connectivity index (χ3v) is 1.66. The van der Waals surface area contributed by atoms with Gasteiger partial charge in [0.05, 0.1) is 0 Å². The van der Waals surface area contributed by atoms with Gasteiger partial charge in [-0.15, -0.1) is 0 Å². The molecule has 0 aliphatic carbocycles. The van der Waals surface area contributed by atoms with Crippen LogP contribution in [-0.2, 0) is 9.59 Å². The molecule has 1 heterocycles. The zero-order valence-electron chi connectivity index (χ0n) is 7.55. The van der Waals surface area contributed by atoms with Gasteiger partial charge in [0.2, 0.25) is 11.9 Å². The number of guanidine groups is 1. The van der Waals surface area contributed by atoms with E-state index in [-0.39, 0.29) is 24.3 Å². The topological polar surface area (TPSA) is 70.6 Å². The number of allylic oxidation sites excluding steroid dienone is 1. The van der Waals surface area contributed by atoms with Crippen molar-refractivity contribution in [1.29, 1.82) is 0 Å². The highest BCUT2D eigenvalue weighted by Gasteiger charge is 2.15. The second-order valence-corrected chi connectivity index (χ2v) is 2.64. The summed E-state index contributed by atoms with van der Waals surface area (Å²) in [6.07, 6.45) is 1.69. The Balaban J connectivity index is 2.51. The van der Waals surface area contributed by atoms with Crippen LogP contribution in [0.4, 0.5) is 0 Å². The Kier molecular flexibility index (Phi) is 2.79. The van der Waals surface area contributed by atoms with E-state index in [4.69, 9.17) is 0 Å². The number of amides is 2. The van der Waals surface area contributed by atoms with Crippen LogP contribution < -0.4 is 10.6 Å². The van der Waals surface area contributed by atoms with Gasteiger partial charge in [-0.2, -0.15) is 0 Å². The molecule has 2 N–H and O–H groups in total. The molecular weight excluding hydrogens is 170 g/mol. The summed E-state index contributed by atoms with van der Waals surface area (Å²) in [5, 5.41) is 4.89. The molecule has 0 spiro atoms. The summed E-state index contributed by atoms with van der Waals surface area (Å²) >= 11 is 0. The van der Waals surface area contributed by atoms with E-state index < -0.39 is 0 Å². The molecule has 2 amide bonds. The molecule has 0 aromatic carbocycles. The van der Waals surface area contributed by atoms with Gasteiger partial charge in [-0.3, -0.25) is 20.2 Å². The number of carbonyl (C=O) groups excluding carboxylic acids is 2. The van der Waals surface area contributed by atoms with Crippen LogP contribution in [0.15, 0.2) is 16.6 Å². The van der Waals surface area contributed by atoms with E-state index in [0.717, 1.165) is 0 Å². The SMILES string of the molecule is C/C=C(/C)C(=O)NC1=NCC(=O)N1. The largest absolute Gasteiger partial charge is 0.295 e. The average molecular weight is 181 g/mol. The normalized spacial score (nSPS) is 16.6. The van der Waals surface area contributed by atoms with Crippen LogP contribution >= 0.6 is 0 Å². The van der Waals surface area contributed by atoms with Crippen molar-refractivity contribution in [2.75, 3.05) is 6.54 Å². The first-order valence-electron chi connectivity index (χ1n) is 3.92. The molecule has 5 heteroatoms. The van der Waals surface area contributed by atoms with E-state index in [2.05, 4.69) is 15.6 Å². The Morgan fingerprint density at radius 2 is 2.38 bits per heavy atom. The molecule has 0 bridgehead atoms. The van der Waals surface area contributed by atoms with Crippen LogP contribution in [0, 0.1) is 0 Å². The van der Waals surface area contributed by atoms with Gasteiger partial charge >= 0.3 is 0 Å². The van der Waals surface area contributed by atoms with Crippen molar-refractivity contribution < 1.29 is 9.59 Å². The summed E-state index contributed by atoms with van der Waals surface area (Å²) in [5.41, 5.74) is 0.587. The number of hydrogen-bond donors (Lipinski definition) is 2. The Hall–Kier alpha value is -1.65. The molecule has 1 aliphatic rings. The van der Waals surface area contributed by atoms with Crippen molar-refractivity contribution in [1.82, 2.24) is 10.6 Å². The van der Waals surface area contributed by atoms with Gasteiger partial charge in [0.15, 0.2) is 0 Å². The standard InChI is InChI=1S/C8H11N3O2/c1-3-5(2)7(13)11-8-9-4-6(12)10-8/h3H,4H2,1-2H3,(H2,9,10,11,12,13)/b5-3-. The molecule has 0 fully saturated rings. The molecule has 0 aromatic heterocycles. The third kappa shape index (κ3) is 2.40. The molecule has 0 saturated heterocycles. The van der Waals surface area contributed by atoms with Gasteiger partial charge < -0.3 is 0 Å². The fourth-order valence-corrected chi connectivity index (χ4v) is 0.770. The van der Waals surface area contributed by atoms with Crippen molar-refractivity contribution >= 4 is 17.8 Å². The van der Waals surface area contributed by atoms with Gasteiger partial charge in [0, 0.05) is 5.57 Å². The summed E-state index contributed by atoms with van der Waals surface area (Å²) in [6.45, 7) is 3.54. The highest BCUT2D eigenvalue weighted by Crippen LogP contribution is 1.92. The molecule has 70 valence electrons. The zero-order valence-corrected chi connectivity index (χ0v) is 7.55. The van der Waals surface area contributed by atoms with Crippen molar-refractivity contribution in [3.8, 4) is 0 Å². The van der Waals surface area contributed by atoms with Crippen molar-refractivity contribution in [2.45, 2.75) is 13.8 Å². The van der Waals surface area contributed by atoms with E-state index in [0.29, 0.717) is 5.57 Å². The first-order valence-corrected chi connectivity index (χ1v) is 3.92. The lowest BCUT2D eigenvalue weighted by Crippen LogP contribution is -2.40. The fraction of sp³-hybridized carbons (Fsp3) is 0.375. The van der Waals surface area contributed by atoms with E-state index in [9.17, 15) is 9.59 Å². The van der Waals surface area contributed by atoms with Crippen molar-refractivity contribution in [2.24, 2.45) is 4.99 Å². The predicted octanol–water partition coefficient (Wildman–Crippen LogP) is -0.445. The number of rotatable bonds is 1. The first kappa shape index (κ1) is 9.44. The molecule has 0 atom stereocenters. The van der Waals surface area contributed by atoms with Crippen LogP contribution in [0.3, 0.4) is 0 Å². The van der Waals surface area contributed by atoms with Crippen LogP contribution in [0.25, 0.3) is 0 Å². The second kappa shape index (κ2) is 3.84. The monoisotopic (exact) mass is 181 g/mol. The lowest BCUT2D eigenvalue weighted by molar-refractivity contribution is -0.117. The minimum absolute atomic E-state index is 0.0878. The number of nitrogens with one attached hydrogen (secondary N) is 2. The lowest BCUT2D eigenvalue weighted by Gasteiger charge is -2.03. The Morgan fingerprint density at radius 3 is 2.85 bits per heavy atom. The number of hydrogen-bond acceptors (Lipinski definition) is 3. The van der Waals surface area contributed by atoms with E-state index in [1.165, 1.54) is 0 Å². The first-order chi connectivity index (χ1) is 6.13. The molecule has 1 aliphatic heterocycles. The molecule has 0 saturated carbocycles. The lowest BCUT2D eigenvalue weighted by atomic mass is 10.3. The summed E-state index contributed by atoms with van der Waals surface area (Å²) in [5.74, 6) is -0.215. The van der Waals surface area contributed by atoms with Gasteiger partial charge in [-0.05, 0) is 13.8 Å². The van der Waals surface area contributed by atoms with Crippen LogP contribution in [0.1, 0.15) is 13.8 Å². The van der Waals surface area contributed by atoms with Gasteiger partial charge in [-0.1, -0.05) is 6.08 Å². The maximum Gasteiger partial charge on any atom is 0.253 e. The Morgan fingerprint density at radius 1 is 1.69 bits per heavy atom. The van der Waals surface area contributed by atoms with Crippen LogP contribution in [-0.4, -0.2) is 24.3 Å². The maximum atomic E-state index is 11.2. The summed E-state index contributed by atoms with van der Waals surface area (Å²) < 4.78 is 0. The van der Waals surface area contributed by atoms with Crippen molar-refractivity contribution in [3.05, 3.63) is 11.6 Å². The average Bonchev–Trinajstić information content (AvgIpc) is 2.49. The number of aliphatic imine (C=N–C) groups is 1. The summed E-state index contributed by atoms with van der Waals surface area (Å²) in [4.78, 5) is 25.7. The quantitative estimate of drug-likeness (QED) is 0.538. The highest BCUT2D eigenvalue weighted by atomic mass is 16.2. The molecule has 0 radical (unpaired) electrons. The Labute approximate surface area is 75.9 Å². The van der Waals surface area contributed by atoms with Gasteiger partial charge in [0.1, 0.15) is 6.54 Å². The van der Waals surface area contributed by atoms with Gasteiger partial charge in [-0.25, -0.2) is 4.99 Å². The molecule has 13 heavy (non-hydrogen) atoms. The molecule has 5 nitrogen and oxygen atoms in total. The minimum Gasteiger partial charge on any atom is -0.295 e. The zero-order chi connectivity index (χ0) is 9.84. The van der Waals surface area contributed by atoms with E-state index in [1.807, 2.05) is 0 Å². The second-order valence-electron chi connectivity index (χ2n) is 2.64. The van der Waals surface area contributed by atoms with E-state index >= 15 is 0 Å². The van der Waals surface area contributed by atoms with Crippen LogP contribution in [0.5, 0.6) is 0 Å². The minimum atomic E-state index is -0.247. The number of nitrogens with zero attached hydrogens (tertiary/aromatic N) is 1. The third-order valence-electron chi connectivity index (χ3n) is 1.66. The highest BCUT2D eigenvalue weighted by molar-refractivity contribution is 6.11. The smallest absolute Gasteiger partial charge is 0.253 e.